The van der Waals surface area contributed by atoms with Crippen LogP contribution in [-0.4, -0.2) is 121 Å². The van der Waals surface area contributed by atoms with E-state index in [1.165, 1.54) is 30.5 Å². The zero-order chi connectivity index (χ0) is 57.8. The van der Waals surface area contributed by atoms with E-state index >= 15 is 0 Å². The van der Waals surface area contributed by atoms with Crippen LogP contribution in [-0.2, 0) is 24.2 Å². The lowest BCUT2D eigenvalue weighted by molar-refractivity contribution is -0.274. The summed E-state index contributed by atoms with van der Waals surface area (Å²) in [6, 6.07) is 23.6. The molecule has 0 radical (unpaired) electrons. The molecule has 4 aromatic carbocycles. The van der Waals surface area contributed by atoms with Crippen LogP contribution in [0, 0.1) is 6.92 Å². The van der Waals surface area contributed by atoms with Crippen LogP contribution in [0.15, 0.2) is 123 Å². The number of nitrogens with zero attached hydrogens (tertiary/aromatic N) is 7. The SMILES string of the molecule is C=CC(=O)Nc1cccc(Nc2nc(Nc3ccc(N4CCS(=O)(=O)CC4)cc3OC)ncc2C)c1.C=CC(=O)Nc1cccc(Oc2nc(Nc3ccc(N4CCN(C(=O)OC(C)(C)C)CC4)cc3OC(F)(F)F)ncc2Cl)c1. The number of hydrogen-bond acceptors (Lipinski definition) is 18. The minimum atomic E-state index is -4.98. The standard InChI is InChI=1S/C29H30ClF3N6O5.C25H28N6O4S/c1-5-24(40)35-18-7-6-8-20(15-18)42-25-21(30)17-34-26(37-25)36-22-10-9-19(16-23(22)43-29(31,32)33)38-11-13-39(14-12-38)27(41)44-28(2,3)4;1-4-23(32)27-18-6-5-7-19(14-18)28-24-17(2)16-26-25(30-24)29-21-9-8-20(15-22(21)35-3)31-10-12-36(33,34)13-11-31/h5-10,15-17H,1,11-14H2,2-4H3,(H,35,40)(H,34,36,37);4-9,14-16H,1,10-13H2,2-3H3,(H,27,32)(H2,26,28,29,30). The van der Waals surface area contributed by atoms with Crippen LogP contribution in [0.25, 0.3) is 0 Å². The van der Waals surface area contributed by atoms with E-state index in [0.29, 0.717) is 79.5 Å². The summed E-state index contributed by atoms with van der Waals surface area (Å²) < 4.78 is 84.7. The minimum absolute atomic E-state index is 0.0312. The molecule has 3 amide bonds. The Bertz CT molecular complexity index is 3350. The first kappa shape index (κ1) is 58.8. The van der Waals surface area contributed by atoms with Gasteiger partial charge in [0.2, 0.25) is 29.6 Å². The predicted octanol–water partition coefficient (Wildman–Crippen LogP) is 10.4. The van der Waals surface area contributed by atoms with Gasteiger partial charge in [0.05, 0.1) is 36.2 Å². The fourth-order valence-electron chi connectivity index (χ4n) is 7.74. The van der Waals surface area contributed by atoms with E-state index in [0.717, 1.165) is 23.0 Å². The van der Waals surface area contributed by atoms with Gasteiger partial charge in [-0.25, -0.2) is 23.2 Å². The van der Waals surface area contributed by atoms with Gasteiger partial charge in [0.25, 0.3) is 0 Å². The van der Waals surface area contributed by atoms with Gasteiger partial charge in [0, 0.05) is 97.7 Å². The zero-order valence-electron chi connectivity index (χ0n) is 44.2. The molecule has 0 spiro atoms. The number of sulfone groups is 1. The second-order valence-corrected chi connectivity index (χ2v) is 21.5. The first-order valence-electron chi connectivity index (χ1n) is 24.6. The number of aromatic nitrogens is 4. The van der Waals surface area contributed by atoms with Crippen LogP contribution in [0.1, 0.15) is 26.3 Å². The number of ether oxygens (including phenoxy) is 4. The van der Waals surface area contributed by atoms with Gasteiger partial charge >= 0.3 is 12.5 Å². The van der Waals surface area contributed by atoms with Gasteiger partial charge in [0.15, 0.2) is 15.6 Å². The molecule has 0 unspecified atom stereocenters. The summed E-state index contributed by atoms with van der Waals surface area (Å²) in [6.45, 7) is 16.4. The van der Waals surface area contributed by atoms with Gasteiger partial charge in [0.1, 0.15) is 27.9 Å². The fraction of sp³-hybridized carbons (Fsp3) is 0.278. The van der Waals surface area contributed by atoms with E-state index in [1.54, 1.807) is 75.4 Å². The normalized spacial score (nSPS) is 14.0. The van der Waals surface area contributed by atoms with Gasteiger partial charge < -0.3 is 60.2 Å². The molecule has 2 fully saturated rings. The number of nitrogens with one attached hydrogen (secondary N) is 5. The maximum absolute atomic E-state index is 13.4. The number of amides is 3. The molecule has 80 heavy (non-hydrogen) atoms. The fourth-order valence-corrected chi connectivity index (χ4v) is 9.08. The Morgan fingerprint density at radius 1 is 0.700 bits per heavy atom. The number of rotatable bonds is 16. The molecule has 5 N–H and O–H groups in total. The Balaban J connectivity index is 0.000000236. The van der Waals surface area contributed by atoms with Crippen LogP contribution >= 0.6 is 11.6 Å². The molecule has 6 aromatic rings. The Kier molecular flexibility index (Phi) is 18.9. The number of carbonyl (C=O) groups is 3. The number of aryl methyl sites for hydroxylation is 1. The number of piperazine rings is 1. The lowest BCUT2D eigenvalue weighted by Gasteiger charge is -2.37. The highest BCUT2D eigenvalue weighted by Crippen LogP contribution is 2.38. The van der Waals surface area contributed by atoms with Crippen LogP contribution < -0.4 is 50.6 Å². The van der Waals surface area contributed by atoms with Crippen molar-refractivity contribution in [3.8, 4) is 23.1 Å². The summed E-state index contributed by atoms with van der Waals surface area (Å²) in [7, 11) is -1.38. The lowest BCUT2D eigenvalue weighted by Crippen LogP contribution is -2.50. The van der Waals surface area contributed by atoms with E-state index in [-0.39, 0.29) is 45.7 Å². The van der Waals surface area contributed by atoms with Gasteiger partial charge in [-0.3, -0.25) is 9.59 Å². The molecule has 422 valence electrons. The molecule has 2 aromatic heterocycles. The van der Waals surface area contributed by atoms with Gasteiger partial charge in [-0.15, -0.1) is 13.2 Å². The van der Waals surface area contributed by atoms with E-state index in [1.807, 2.05) is 47.1 Å². The first-order chi connectivity index (χ1) is 37.9. The van der Waals surface area contributed by atoms with Crippen LogP contribution in [0.2, 0.25) is 5.02 Å². The van der Waals surface area contributed by atoms with Crippen molar-refractivity contribution in [2.24, 2.45) is 0 Å². The summed E-state index contributed by atoms with van der Waals surface area (Å²) in [4.78, 5) is 58.2. The van der Waals surface area contributed by atoms with Crippen molar-refractivity contribution in [1.82, 2.24) is 24.8 Å². The zero-order valence-corrected chi connectivity index (χ0v) is 45.8. The first-order valence-corrected chi connectivity index (χ1v) is 26.8. The quantitative estimate of drug-likeness (QED) is 0.0566. The van der Waals surface area contributed by atoms with E-state index in [2.05, 4.69) is 64.4 Å². The van der Waals surface area contributed by atoms with Crippen molar-refractivity contribution in [1.29, 1.82) is 0 Å². The average molecular weight is 1140 g/mol. The smallest absolute Gasteiger partial charge is 0.494 e. The number of hydrogen-bond donors (Lipinski definition) is 5. The predicted molar refractivity (Wildman–Crippen MR) is 301 cm³/mol. The molecule has 26 heteroatoms. The lowest BCUT2D eigenvalue weighted by atomic mass is 10.2. The van der Waals surface area contributed by atoms with Gasteiger partial charge in [-0.05, 0) is 94.4 Å². The summed E-state index contributed by atoms with van der Waals surface area (Å²) in [6.07, 6.45) is -0.177. The molecule has 21 nitrogen and oxygen atoms in total. The van der Waals surface area contributed by atoms with Gasteiger partial charge in [-0.1, -0.05) is 36.9 Å². The number of carbonyl (C=O) groups excluding carboxylic acids is 3. The number of methoxy groups -OCH3 is 1. The molecule has 4 heterocycles. The maximum atomic E-state index is 13.4. The third kappa shape index (κ3) is 17.1. The summed E-state index contributed by atoms with van der Waals surface area (Å²) in [5, 5.41) is 14.5. The molecule has 2 aliphatic heterocycles. The highest BCUT2D eigenvalue weighted by atomic mass is 35.5. The third-order valence-corrected chi connectivity index (χ3v) is 13.5. The van der Waals surface area contributed by atoms with E-state index in [9.17, 15) is 36.0 Å². The van der Waals surface area contributed by atoms with E-state index in [4.69, 9.17) is 25.8 Å². The molecule has 0 saturated carbocycles. The van der Waals surface area contributed by atoms with Crippen LogP contribution in [0.4, 0.5) is 75.5 Å². The molecular formula is C54H58ClF3N12O9S. The summed E-state index contributed by atoms with van der Waals surface area (Å²) >= 11 is 6.21. The molecule has 2 aliphatic rings. The summed E-state index contributed by atoms with van der Waals surface area (Å²) in [5.41, 5.74) is 3.96. The number of anilines is 10. The Morgan fingerprint density at radius 2 is 1.25 bits per heavy atom. The largest absolute Gasteiger partial charge is 0.573 e. The van der Waals surface area contributed by atoms with Crippen molar-refractivity contribution in [2.45, 2.75) is 39.7 Å². The number of halogens is 4. The van der Waals surface area contributed by atoms with Crippen molar-refractivity contribution in [3.05, 3.63) is 133 Å². The van der Waals surface area contributed by atoms with Crippen molar-refractivity contribution >= 4 is 96.9 Å². The van der Waals surface area contributed by atoms with Crippen LogP contribution in [0.3, 0.4) is 0 Å². The molecule has 8 rings (SSSR count). The Labute approximate surface area is 465 Å². The molecule has 2 saturated heterocycles. The molecule has 0 aliphatic carbocycles. The topological polar surface area (TPSA) is 244 Å². The minimum Gasteiger partial charge on any atom is -0.494 e. The maximum Gasteiger partial charge on any atom is 0.573 e. The van der Waals surface area contributed by atoms with Crippen molar-refractivity contribution in [3.63, 3.8) is 0 Å². The summed E-state index contributed by atoms with van der Waals surface area (Å²) in [5.74, 6) is 0.691. The molecular weight excluding hydrogens is 1090 g/mol. The van der Waals surface area contributed by atoms with Crippen molar-refractivity contribution in [2.75, 3.05) is 94.3 Å². The van der Waals surface area contributed by atoms with Gasteiger partial charge in [-0.2, -0.15) is 9.97 Å². The monoisotopic (exact) mass is 1140 g/mol. The Hall–Kier alpha value is -8.84. The number of benzene rings is 4. The second kappa shape index (κ2) is 25.7. The highest BCUT2D eigenvalue weighted by Gasteiger charge is 2.33. The molecule has 0 bridgehead atoms. The third-order valence-electron chi connectivity index (χ3n) is 11.6. The second-order valence-electron chi connectivity index (χ2n) is 18.8. The van der Waals surface area contributed by atoms with Crippen LogP contribution in [0.5, 0.6) is 23.1 Å². The molecule has 0 atom stereocenters. The highest BCUT2D eigenvalue weighted by molar-refractivity contribution is 7.91. The van der Waals surface area contributed by atoms with Crippen molar-refractivity contribution < 1.29 is 54.9 Å². The Morgan fingerprint density at radius 3 is 1.85 bits per heavy atom. The van der Waals surface area contributed by atoms with E-state index < -0.39 is 39.6 Å². The average Bonchev–Trinajstić information content (AvgIpc) is 3.41. The number of alkyl halides is 3.